The van der Waals surface area contributed by atoms with Crippen LogP contribution in [0.5, 0.6) is 0 Å². The van der Waals surface area contributed by atoms with Crippen LogP contribution in [0.4, 0.5) is 4.39 Å². The van der Waals surface area contributed by atoms with E-state index >= 15 is 0 Å². The van der Waals surface area contributed by atoms with Gasteiger partial charge in [0.15, 0.2) is 5.69 Å². The Bertz CT molecular complexity index is 742. The Balaban J connectivity index is 1.62. The molecule has 0 radical (unpaired) electrons. The SMILES string of the molecule is O=C(c1n[nH]c(Br)c1Br)N1CCN(Cc2c(F)cccc2Cl)CC1. The number of carbonyl (C=O) groups is 1. The fraction of sp³-hybridized carbons (Fsp3) is 0.333. The molecular formula is C15H14Br2ClFN4O. The third kappa shape index (κ3) is 3.66. The van der Waals surface area contributed by atoms with Gasteiger partial charge in [0.2, 0.25) is 0 Å². The third-order valence-corrected chi connectivity index (χ3v) is 6.20. The van der Waals surface area contributed by atoms with E-state index in [9.17, 15) is 9.18 Å². The van der Waals surface area contributed by atoms with Gasteiger partial charge in [-0.25, -0.2) is 4.39 Å². The Morgan fingerprint density at radius 2 is 2.00 bits per heavy atom. The largest absolute Gasteiger partial charge is 0.335 e. The number of halogens is 4. The van der Waals surface area contributed by atoms with Gasteiger partial charge in [-0.1, -0.05) is 17.7 Å². The van der Waals surface area contributed by atoms with E-state index in [2.05, 4.69) is 47.0 Å². The fourth-order valence-electron chi connectivity index (χ4n) is 2.61. The van der Waals surface area contributed by atoms with E-state index in [4.69, 9.17) is 11.6 Å². The highest BCUT2D eigenvalue weighted by Gasteiger charge is 2.26. The van der Waals surface area contributed by atoms with Crippen molar-refractivity contribution in [2.45, 2.75) is 6.54 Å². The van der Waals surface area contributed by atoms with Crippen LogP contribution >= 0.6 is 43.5 Å². The number of rotatable bonds is 3. The highest BCUT2D eigenvalue weighted by Crippen LogP contribution is 2.26. The summed E-state index contributed by atoms with van der Waals surface area (Å²) in [7, 11) is 0. The lowest BCUT2D eigenvalue weighted by atomic mass is 10.1. The molecule has 0 aliphatic carbocycles. The summed E-state index contributed by atoms with van der Waals surface area (Å²) in [6.45, 7) is 2.86. The average molecular weight is 481 g/mol. The van der Waals surface area contributed by atoms with Crippen LogP contribution in [0.25, 0.3) is 0 Å². The quantitative estimate of drug-likeness (QED) is 0.729. The molecule has 0 bridgehead atoms. The number of hydrogen-bond acceptors (Lipinski definition) is 3. The Morgan fingerprint density at radius 3 is 2.58 bits per heavy atom. The van der Waals surface area contributed by atoms with Gasteiger partial charge in [0.05, 0.1) is 4.47 Å². The van der Waals surface area contributed by atoms with Gasteiger partial charge in [-0.3, -0.25) is 14.8 Å². The van der Waals surface area contributed by atoms with Crippen LogP contribution < -0.4 is 0 Å². The molecule has 1 saturated heterocycles. The van der Waals surface area contributed by atoms with Crippen LogP contribution in [0, 0.1) is 5.82 Å². The van der Waals surface area contributed by atoms with Gasteiger partial charge in [-0.15, -0.1) is 0 Å². The second-order valence-electron chi connectivity index (χ2n) is 5.47. The first kappa shape index (κ1) is 17.8. The predicted molar refractivity (Wildman–Crippen MR) is 96.6 cm³/mol. The molecule has 1 N–H and O–H groups in total. The standard InChI is InChI=1S/C15H14Br2ClFN4O/c16-12-13(20-21-14(12)17)15(24)23-6-4-22(5-7-23)8-9-10(18)2-1-3-11(9)19/h1-3H,4-8H2,(H,20,21). The molecule has 0 spiro atoms. The van der Waals surface area contributed by atoms with Crippen molar-refractivity contribution in [3.8, 4) is 0 Å². The first-order chi connectivity index (χ1) is 11.5. The summed E-state index contributed by atoms with van der Waals surface area (Å²) in [6.07, 6.45) is 0. The topological polar surface area (TPSA) is 52.2 Å². The van der Waals surface area contributed by atoms with Crippen LogP contribution in [0.3, 0.4) is 0 Å². The number of hydrogen-bond donors (Lipinski definition) is 1. The lowest BCUT2D eigenvalue weighted by Crippen LogP contribution is -2.48. The van der Waals surface area contributed by atoms with Crippen molar-refractivity contribution >= 4 is 49.4 Å². The molecule has 0 saturated carbocycles. The Morgan fingerprint density at radius 1 is 1.29 bits per heavy atom. The van der Waals surface area contributed by atoms with E-state index in [0.717, 1.165) is 0 Å². The second-order valence-corrected chi connectivity index (χ2v) is 7.46. The molecule has 24 heavy (non-hydrogen) atoms. The van der Waals surface area contributed by atoms with E-state index in [1.165, 1.54) is 6.07 Å². The fourth-order valence-corrected chi connectivity index (χ4v) is 3.46. The number of carbonyl (C=O) groups excluding carboxylic acids is 1. The molecule has 5 nitrogen and oxygen atoms in total. The van der Waals surface area contributed by atoms with Gasteiger partial charge in [0.1, 0.15) is 10.4 Å². The molecule has 1 aromatic carbocycles. The van der Waals surface area contributed by atoms with Crippen molar-refractivity contribution < 1.29 is 9.18 Å². The smallest absolute Gasteiger partial charge is 0.275 e. The molecule has 1 amide bonds. The summed E-state index contributed by atoms with van der Waals surface area (Å²) >= 11 is 12.7. The maximum atomic E-state index is 13.9. The van der Waals surface area contributed by atoms with E-state index < -0.39 is 0 Å². The van der Waals surface area contributed by atoms with Crippen molar-refractivity contribution in [1.29, 1.82) is 0 Å². The van der Waals surface area contributed by atoms with E-state index in [-0.39, 0.29) is 11.7 Å². The Kier molecular flexibility index (Phi) is 5.59. The highest BCUT2D eigenvalue weighted by molar-refractivity contribution is 9.13. The van der Waals surface area contributed by atoms with Crippen LogP contribution in [-0.4, -0.2) is 52.1 Å². The molecular weight excluding hydrogens is 466 g/mol. The van der Waals surface area contributed by atoms with Crippen molar-refractivity contribution in [2.24, 2.45) is 0 Å². The van der Waals surface area contributed by atoms with Gasteiger partial charge < -0.3 is 4.90 Å². The lowest BCUT2D eigenvalue weighted by Gasteiger charge is -2.34. The molecule has 1 fully saturated rings. The Hall–Kier alpha value is -0.960. The number of piperazine rings is 1. The number of amides is 1. The number of H-pyrrole nitrogens is 1. The van der Waals surface area contributed by atoms with Crippen LogP contribution in [0.15, 0.2) is 27.3 Å². The monoisotopic (exact) mass is 478 g/mol. The first-order valence-corrected chi connectivity index (χ1v) is 9.27. The van der Waals surface area contributed by atoms with Crippen molar-refractivity contribution in [2.75, 3.05) is 26.2 Å². The molecule has 2 heterocycles. The maximum absolute atomic E-state index is 13.9. The van der Waals surface area contributed by atoms with Gasteiger partial charge in [-0.2, -0.15) is 5.10 Å². The molecule has 3 rings (SSSR count). The third-order valence-electron chi connectivity index (χ3n) is 3.97. The van der Waals surface area contributed by atoms with Crippen LogP contribution in [0.2, 0.25) is 5.02 Å². The van der Waals surface area contributed by atoms with E-state index in [1.54, 1.807) is 17.0 Å². The number of nitrogens with one attached hydrogen (secondary N) is 1. The van der Waals surface area contributed by atoms with E-state index in [1.807, 2.05) is 0 Å². The van der Waals surface area contributed by atoms with Gasteiger partial charge >= 0.3 is 0 Å². The van der Waals surface area contributed by atoms with Gasteiger partial charge in [0.25, 0.3) is 5.91 Å². The van der Waals surface area contributed by atoms with E-state index in [0.29, 0.717) is 58.1 Å². The summed E-state index contributed by atoms with van der Waals surface area (Å²) in [5.41, 5.74) is 0.852. The van der Waals surface area contributed by atoms with Crippen molar-refractivity contribution in [3.63, 3.8) is 0 Å². The molecule has 128 valence electrons. The summed E-state index contributed by atoms with van der Waals surface area (Å²) in [5.74, 6) is -0.432. The predicted octanol–water partition coefficient (Wildman–Crippen LogP) is 3.69. The normalized spacial score (nSPS) is 15.8. The zero-order chi connectivity index (χ0) is 17.3. The number of aromatic nitrogens is 2. The average Bonchev–Trinajstić information content (AvgIpc) is 2.90. The van der Waals surface area contributed by atoms with Crippen LogP contribution in [0.1, 0.15) is 16.1 Å². The summed E-state index contributed by atoms with van der Waals surface area (Å²) < 4.78 is 15.1. The molecule has 0 atom stereocenters. The molecule has 2 aromatic rings. The maximum Gasteiger partial charge on any atom is 0.275 e. The zero-order valence-electron chi connectivity index (χ0n) is 12.5. The molecule has 1 aromatic heterocycles. The van der Waals surface area contributed by atoms with Crippen molar-refractivity contribution in [1.82, 2.24) is 20.0 Å². The molecule has 9 heteroatoms. The zero-order valence-corrected chi connectivity index (χ0v) is 16.5. The summed E-state index contributed by atoms with van der Waals surface area (Å²) in [6, 6.07) is 4.69. The molecule has 0 unspecified atom stereocenters. The summed E-state index contributed by atoms with van der Waals surface area (Å²) in [5, 5.41) is 7.16. The van der Waals surface area contributed by atoms with Crippen LogP contribution in [-0.2, 0) is 6.54 Å². The van der Waals surface area contributed by atoms with Gasteiger partial charge in [-0.05, 0) is 44.0 Å². The molecule has 1 aliphatic heterocycles. The highest BCUT2D eigenvalue weighted by atomic mass is 79.9. The molecule has 1 aliphatic rings. The minimum Gasteiger partial charge on any atom is -0.335 e. The summed E-state index contributed by atoms with van der Waals surface area (Å²) in [4.78, 5) is 16.3. The first-order valence-electron chi connectivity index (χ1n) is 7.31. The van der Waals surface area contributed by atoms with Crippen molar-refractivity contribution in [3.05, 3.63) is 49.4 Å². The number of nitrogens with zero attached hydrogens (tertiary/aromatic N) is 3. The minimum atomic E-state index is -0.300. The lowest BCUT2D eigenvalue weighted by molar-refractivity contribution is 0.0620. The Labute approximate surface area is 160 Å². The number of aromatic amines is 1. The minimum absolute atomic E-state index is 0.132. The second kappa shape index (κ2) is 7.51. The number of benzene rings is 1. The van der Waals surface area contributed by atoms with Gasteiger partial charge in [0, 0.05) is 43.3 Å².